The van der Waals surface area contributed by atoms with Crippen molar-refractivity contribution in [1.29, 1.82) is 0 Å². The maximum absolute atomic E-state index is 12.5. The summed E-state index contributed by atoms with van der Waals surface area (Å²) in [5.74, 6) is 0.814. The van der Waals surface area contributed by atoms with Crippen LogP contribution in [0.1, 0.15) is 29.5 Å². The number of carbonyl (C=O) groups excluding carboxylic acids is 1. The Hall–Kier alpha value is -1.39. The fraction of sp³-hybridized carbons (Fsp3) is 0.632. The van der Waals surface area contributed by atoms with Gasteiger partial charge in [0.05, 0.1) is 19.6 Å². The second kappa shape index (κ2) is 9.04. The number of hydrogen-bond donors (Lipinski definition) is 0. The first-order valence-corrected chi connectivity index (χ1v) is 8.50. The molecular formula is C19H29NO3. The molecule has 0 aliphatic carbocycles. The number of methoxy groups -OCH3 is 1. The fourth-order valence-corrected chi connectivity index (χ4v) is 3.01. The second-order valence-electron chi connectivity index (χ2n) is 6.50. The summed E-state index contributed by atoms with van der Waals surface area (Å²) in [5, 5.41) is 0. The third-order valence-corrected chi connectivity index (χ3v) is 4.60. The van der Waals surface area contributed by atoms with Crippen LogP contribution in [0, 0.1) is 19.8 Å². The minimum absolute atomic E-state index is 0.248. The van der Waals surface area contributed by atoms with E-state index < -0.39 is 0 Å². The molecule has 0 N–H and O–H groups in total. The molecular weight excluding hydrogens is 290 g/mol. The number of rotatable bonds is 7. The maximum Gasteiger partial charge on any atom is 0.226 e. The lowest BCUT2D eigenvalue weighted by molar-refractivity contribution is -0.132. The molecule has 0 atom stereocenters. The lowest BCUT2D eigenvalue weighted by atomic mass is 9.96. The molecule has 1 aromatic rings. The third kappa shape index (κ3) is 5.63. The van der Waals surface area contributed by atoms with E-state index in [1.807, 2.05) is 4.90 Å². The van der Waals surface area contributed by atoms with E-state index in [4.69, 9.17) is 9.47 Å². The minimum Gasteiger partial charge on any atom is -0.382 e. The molecule has 128 valence electrons. The molecule has 1 heterocycles. The summed E-state index contributed by atoms with van der Waals surface area (Å²) in [4.78, 5) is 14.5. The largest absolute Gasteiger partial charge is 0.382 e. The van der Waals surface area contributed by atoms with Gasteiger partial charge in [0.2, 0.25) is 5.91 Å². The average molecular weight is 319 g/mol. The Morgan fingerprint density at radius 2 is 1.96 bits per heavy atom. The van der Waals surface area contributed by atoms with Crippen LogP contribution in [0.3, 0.4) is 0 Å². The van der Waals surface area contributed by atoms with Crippen LogP contribution in [0.4, 0.5) is 0 Å². The van der Waals surface area contributed by atoms with Gasteiger partial charge in [-0.3, -0.25) is 4.79 Å². The van der Waals surface area contributed by atoms with Crippen molar-refractivity contribution in [2.75, 3.05) is 40.0 Å². The maximum atomic E-state index is 12.5. The van der Waals surface area contributed by atoms with Crippen LogP contribution in [0.5, 0.6) is 0 Å². The zero-order valence-corrected chi connectivity index (χ0v) is 14.6. The summed E-state index contributed by atoms with van der Waals surface area (Å²) in [6, 6.07) is 6.32. The minimum atomic E-state index is 0.248. The topological polar surface area (TPSA) is 38.8 Å². The average Bonchev–Trinajstić information content (AvgIpc) is 2.55. The first kappa shape index (κ1) is 18.0. The van der Waals surface area contributed by atoms with E-state index in [9.17, 15) is 4.79 Å². The zero-order valence-electron chi connectivity index (χ0n) is 14.6. The van der Waals surface area contributed by atoms with Crippen LogP contribution in [0.25, 0.3) is 0 Å². The van der Waals surface area contributed by atoms with E-state index in [1.165, 1.54) is 11.1 Å². The smallest absolute Gasteiger partial charge is 0.226 e. The number of carbonyl (C=O) groups is 1. The van der Waals surface area contributed by atoms with Crippen LogP contribution in [0.15, 0.2) is 18.2 Å². The summed E-state index contributed by atoms with van der Waals surface area (Å²) in [5.41, 5.74) is 3.57. The van der Waals surface area contributed by atoms with E-state index in [2.05, 4.69) is 32.0 Å². The molecule has 1 amide bonds. The lowest BCUT2D eigenvalue weighted by Crippen LogP contribution is -2.40. The van der Waals surface area contributed by atoms with Gasteiger partial charge >= 0.3 is 0 Å². The molecule has 2 rings (SSSR count). The Balaban J connectivity index is 1.76. The molecule has 0 bridgehead atoms. The molecule has 1 aliphatic heterocycles. The first-order valence-electron chi connectivity index (χ1n) is 8.50. The summed E-state index contributed by atoms with van der Waals surface area (Å²) in [6.07, 6.45) is 2.58. The summed E-state index contributed by atoms with van der Waals surface area (Å²) < 4.78 is 10.6. The van der Waals surface area contributed by atoms with E-state index in [1.54, 1.807) is 7.11 Å². The van der Waals surface area contributed by atoms with Gasteiger partial charge in [-0.2, -0.15) is 0 Å². The molecule has 0 radical (unpaired) electrons. The van der Waals surface area contributed by atoms with Crippen molar-refractivity contribution in [2.45, 2.75) is 33.1 Å². The molecule has 1 aromatic carbocycles. The van der Waals surface area contributed by atoms with Crippen molar-refractivity contribution in [1.82, 2.24) is 4.90 Å². The lowest BCUT2D eigenvalue weighted by Gasteiger charge is -2.32. The number of benzene rings is 1. The summed E-state index contributed by atoms with van der Waals surface area (Å²) in [7, 11) is 1.68. The molecule has 0 saturated carbocycles. The molecule has 4 nitrogen and oxygen atoms in total. The number of hydrogen-bond acceptors (Lipinski definition) is 3. The Bertz CT molecular complexity index is 507. The Morgan fingerprint density at radius 1 is 1.22 bits per heavy atom. The van der Waals surface area contributed by atoms with Gasteiger partial charge in [-0.25, -0.2) is 0 Å². The van der Waals surface area contributed by atoms with Gasteiger partial charge in [-0.15, -0.1) is 0 Å². The van der Waals surface area contributed by atoms with Gasteiger partial charge < -0.3 is 14.4 Å². The Morgan fingerprint density at radius 3 is 2.65 bits per heavy atom. The summed E-state index contributed by atoms with van der Waals surface area (Å²) in [6.45, 7) is 7.93. The van der Waals surface area contributed by atoms with Crippen molar-refractivity contribution in [2.24, 2.45) is 5.92 Å². The monoisotopic (exact) mass is 319 g/mol. The second-order valence-corrected chi connectivity index (χ2v) is 6.50. The number of piperidine rings is 1. The van der Waals surface area contributed by atoms with Crippen molar-refractivity contribution >= 4 is 5.91 Å². The number of ether oxygens (including phenoxy) is 2. The molecule has 1 aliphatic rings. The molecule has 23 heavy (non-hydrogen) atoms. The van der Waals surface area contributed by atoms with Gasteiger partial charge in [0.25, 0.3) is 0 Å². The van der Waals surface area contributed by atoms with Gasteiger partial charge in [0.15, 0.2) is 0 Å². The van der Waals surface area contributed by atoms with Gasteiger partial charge in [0, 0.05) is 26.8 Å². The first-order chi connectivity index (χ1) is 11.1. The number of likely N-dealkylation sites (tertiary alicyclic amines) is 1. The molecule has 4 heteroatoms. The predicted molar refractivity (Wildman–Crippen MR) is 91.6 cm³/mol. The fourth-order valence-electron chi connectivity index (χ4n) is 3.01. The highest BCUT2D eigenvalue weighted by atomic mass is 16.5. The van der Waals surface area contributed by atoms with Crippen LogP contribution in [-0.4, -0.2) is 50.8 Å². The van der Waals surface area contributed by atoms with Crippen LogP contribution < -0.4 is 0 Å². The highest BCUT2D eigenvalue weighted by Gasteiger charge is 2.23. The van der Waals surface area contributed by atoms with Gasteiger partial charge in [0.1, 0.15) is 0 Å². The standard InChI is InChI=1S/C19H29NO3/c1-15-4-5-16(2)18(12-15)13-19(21)20-8-6-17(7-9-20)14-23-11-10-22-3/h4-5,12,17H,6-11,13-14H2,1-3H3. The van der Waals surface area contributed by atoms with Crippen LogP contribution in [-0.2, 0) is 20.7 Å². The zero-order chi connectivity index (χ0) is 16.7. The van der Waals surface area contributed by atoms with Crippen molar-refractivity contribution in [3.05, 3.63) is 34.9 Å². The van der Waals surface area contributed by atoms with Crippen molar-refractivity contribution in [3.8, 4) is 0 Å². The number of aryl methyl sites for hydroxylation is 2. The molecule has 0 unspecified atom stereocenters. The van der Waals surface area contributed by atoms with E-state index in [0.717, 1.165) is 38.1 Å². The quantitative estimate of drug-likeness (QED) is 0.725. The Labute approximate surface area is 139 Å². The van der Waals surface area contributed by atoms with Gasteiger partial charge in [-0.1, -0.05) is 23.8 Å². The van der Waals surface area contributed by atoms with Crippen LogP contribution >= 0.6 is 0 Å². The van der Waals surface area contributed by atoms with E-state index in [0.29, 0.717) is 25.6 Å². The summed E-state index contributed by atoms with van der Waals surface area (Å²) >= 11 is 0. The SMILES string of the molecule is COCCOCC1CCN(C(=O)Cc2cc(C)ccc2C)CC1. The van der Waals surface area contributed by atoms with Gasteiger partial charge in [-0.05, 0) is 43.7 Å². The molecule has 1 fully saturated rings. The number of amides is 1. The van der Waals surface area contributed by atoms with Crippen molar-refractivity contribution < 1.29 is 14.3 Å². The Kier molecular flexibility index (Phi) is 7.06. The molecule has 0 spiro atoms. The van der Waals surface area contributed by atoms with E-state index >= 15 is 0 Å². The molecule has 0 aromatic heterocycles. The highest BCUT2D eigenvalue weighted by Crippen LogP contribution is 2.19. The number of nitrogens with zero attached hydrogens (tertiary/aromatic N) is 1. The van der Waals surface area contributed by atoms with E-state index in [-0.39, 0.29) is 5.91 Å². The molecule has 1 saturated heterocycles. The van der Waals surface area contributed by atoms with Crippen LogP contribution in [0.2, 0.25) is 0 Å². The highest BCUT2D eigenvalue weighted by molar-refractivity contribution is 5.79. The predicted octanol–water partition coefficient (Wildman–Crippen LogP) is 2.75. The third-order valence-electron chi connectivity index (χ3n) is 4.60. The van der Waals surface area contributed by atoms with Crippen molar-refractivity contribution in [3.63, 3.8) is 0 Å². The normalized spacial score (nSPS) is 15.9.